The lowest BCUT2D eigenvalue weighted by Crippen LogP contribution is -2.16. The van der Waals surface area contributed by atoms with Crippen molar-refractivity contribution in [2.75, 3.05) is 7.11 Å². The van der Waals surface area contributed by atoms with Crippen LogP contribution >= 0.6 is 11.6 Å². The second-order valence-electron chi connectivity index (χ2n) is 7.02. The summed E-state index contributed by atoms with van der Waals surface area (Å²) < 4.78 is 62.5. The van der Waals surface area contributed by atoms with Gasteiger partial charge in [-0.2, -0.15) is 8.42 Å². The molecule has 0 radical (unpaired) electrons. The number of hydrogen-bond donors (Lipinski definition) is 2. The fourth-order valence-electron chi connectivity index (χ4n) is 3.08. The third-order valence-electron chi connectivity index (χ3n) is 4.75. The van der Waals surface area contributed by atoms with Crippen LogP contribution < -0.4 is 10.3 Å². The summed E-state index contributed by atoms with van der Waals surface area (Å²) in [6, 6.07) is 6.13. The zero-order chi connectivity index (χ0) is 25.4. The minimum Gasteiger partial charge on any atom is -0.494 e. The number of rotatable bonds is 7. The van der Waals surface area contributed by atoms with Gasteiger partial charge in [-0.15, -0.1) is 10.2 Å². The van der Waals surface area contributed by atoms with Crippen LogP contribution in [0.4, 0.5) is 11.4 Å². The fraction of sp³-hybridized carbons (Fsp3) is 0.150. The summed E-state index contributed by atoms with van der Waals surface area (Å²) in [5, 5.41) is 11.5. The molecule has 0 aliphatic heterocycles. The van der Waals surface area contributed by atoms with Crippen molar-refractivity contribution in [1.29, 1.82) is 0 Å². The van der Waals surface area contributed by atoms with E-state index in [1.807, 2.05) is 0 Å². The van der Waals surface area contributed by atoms with Crippen molar-refractivity contribution >= 4 is 42.9 Å². The number of nitrogens with one attached hydrogen (secondary N) is 1. The summed E-state index contributed by atoms with van der Waals surface area (Å²) in [6.45, 7) is 6.35. The van der Waals surface area contributed by atoms with Crippen LogP contribution in [-0.2, 0) is 20.0 Å². The van der Waals surface area contributed by atoms with Crippen LogP contribution in [0.5, 0.6) is 5.75 Å². The molecule has 2 N–H and O–H groups in total. The Hall–Kier alpha value is -3.26. The van der Waals surface area contributed by atoms with E-state index in [4.69, 9.17) is 16.3 Å². The Morgan fingerprint density at radius 1 is 1.12 bits per heavy atom. The largest absolute Gasteiger partial charge is 0.494 e. The highest BCUT2D eigenvalue weighted by Crippen LogP contribution is 2.33. The Balaban J connectivity index is 2.12. The molecule has 0 saturated heterocycles. The molecular formula is C20H19ClN4O7S2. The maximum atomic E-state index is 13.0. The van der Waals surface area contributed by atoms with E-state index in [0.29, 0.717) is 5.69 Å². The molecule has 14 heteroatoms. The van der Waals surface area contributed by atoms with Gasteiger partial charge in [0.25, 0.3) is 15.7 Å². The van der Waals surface area contributed by atoms with Crippen molar-refractivity contribution in [3.63, 3.8) is 0 Å². The van der Waals surface area contributed by atoms with Crippen LogP contribution in [0.1, 0.15) is 11.3 Å². The lowest BCUT2D eigenvalue weighted by Gasteiger charge is -2.10. The van der Waals surface area contributed by atoms with Crippen LogP contribution in [0.3, 0.4) is 0 Å². The Morgan fingerprint density at radius 3 is 2.35 bits per heavy atom. The van der Waals surface area contributed by atoms with E-state index in [-0.39, 0.29) is 38.3 Å². The fourth-order valence-corrected chi connectivity index (χ4v) is 4.81. The number of aromatic amines is 1. The summed E-state index contributed by atoms with van der Waals surface area (Å²) in [4.78, 5) is 12.5. The number of azo groups is 1. The number of ether oxygens (including phenoxy) is 1. The Labute approximate surface area is 200 Å². The maximum Gasteiger partial charge on any atom is 0.299 e. The SMILES string of the molecule is C=CS(=O)(=O)c1ccc(OC)c(N=Nc2c(C)[nH]n(-c3c(C)cc(S(=O)(=O)O)cc3Cl)c2=O)c1. The number of benzene rings is 2. The van der Waals surface area contributed by atoms with Crippen LogP contribution in [0.15, 0.2) is 67.1 Å². The quantitative estimate of drug-likeness (QED) is 0.347. The molecule has 0 aliphatic carbocycles. The number of aromatic nitrogens is 2. The lowest BCUT2D eigenvalue weighted by molar-refractivity contribution is 0.415. The van der Waals surface area contributed by atoms with Crippen LogP contribution in [0, 0.1) is 13.8 Å². The molecule has 11 nitrogen and oxygen atoms in total. The van der Waals surface area contributed by atoms with Gasteiger partial charge < -0.3 is 4.74 Å². The number of aryl methyl sites for hydroxylation is 2. The Kier molecular flexibility index (Phi) is 6.85. The molecule has 0 saturated carbocycles. The van der Waals surface area contributed by atoms with Gasteiger partial charge in [-0.1, -0.05) is 18.2 Å². The predicted octanol–water partition coefficient (Wildman–Crippen LogP) is 4.02. The van der Waals surface area contributed by atoms with Crippen molar-refractivity contribution in [3.8, 4) is 11.4 Å². The van der Waals surface area contributed by atoms with Gasteiger partial charge in [0, 0.05) is 5.41 Å². The Morgan fingerprint density at radius 2 is 1.79 bits per heavy atom. The van der Waals surface area contributed by atoms with E-state index in [2.05, 4.69) is 21.9 Å². The summed E-state index contributed by atoms with van der Waals surface area (Å²) in [5.41, 5.74) is 0.0462. The number of halogens is 1. The molecule has 0 spiro atoms. The van der Waals surface area contributed by atoms with Gasteiger partial charge >= 0.3 is 0 Å². The second-order valence-corrected chi connectivity index (χ2v) is 10.7. The van der Waals surface area contributed by atoms with Crippen molar-refractivity contribution in [2.24, 2.45) is 10.2 Å². The van der Waals surface area contributed by atoms with Gasteiger partial charge in [-0.3, -0.25) is 14.4 Å². The molecule has 180 valence electrons. The first-order chi connectivity index (χ1) is 15.8. The molecule has 0 aliphatic rings. The van der Waals surface area contributed by atoms with Crippen molar-refractivity contribution in [3.05, 3.63) is 69.0 Å². The summed E-state index contributed by atoms with van der Waals surface area (Å²) >= 11 is 6.20. The maximum absolute atomic E-state index is 13.0. The van der Waals surface area contributed by atoms with Gasteiger partial charge in [0.1, 0.15) is 11.4 Å². The second kappa shape index (κ2) is 9.18. The van der Waals surface area contributed by atoms with Gasteiger partial charge in [0.05, 0.1) is 33.3 Å². The molecule has 3 rings (SSSR count). The van der Waals surface area contributed by atoms with Gasteiger partial charge in [-0.25, -0.2) is 13.1 Å². The molecule has 2 aromatic carbocycles. The molecule has 0 unspecified atom stereocenters. The minimum absolute atomic E-state index is 0.0590. The monoisotopic (exact) mass is 526 g/mol. The molecular weight excluding hydrogens is 508 g/mol. The van der Waals surface area contributed by atoms with E-state index in [9.17, 15) is 26.2 Å². The average molecular weight is 527 g/mol. The summed E-state index contributed by atoms with van der Waals surface area (Å²) in [7, 11) is -6.87. The molecule has 0 atom stereocenters. The molecule has 0 fully saturated rings. The van der Waals surface area contributed by atoms with Gasteiger partial charge in [0.15, 0.2) is 15.5 Å². The first-order valence-electron chi connectivity index (χ1n) is 9.37. The van der Waals surface area contributed by atoms with E-state index < -0.39 is 30.4 Å². The number of nitrogens with zero attached hydrogens (tertiary/aromatic N) is 3. The standard InChI is InChI=1S/C20H19ClN4O7S2/c1-5-33(27,28)13-6-7-17(32-4)16(10-13)22-23-18-12(3)24-25(20(18)26)19-11(2)8-14(9-15(19)21)34(29,30)31/h5-10,24H,1H2,2-4H3,(H,29,30,31). The van der Waals surface area contributed by atoms with Crippen molar-refractivity contribution in [1.82, 2.24) is 9.78 Å². The number of H-pyrrole nitrogens is 1. The average Bonchev–Trinajstić information content (AvgIpc) is 3.03. The van der Waals surface area contributed by atoms with Crippen LogP contribution in [0.25, 0.3) is 5.69 Å². The van der Waals surface area contributed by atoms with Crippen molar-refractivity contribution < 1.29 is 26.1 Å². The van der Waals surface area contributed by atoms with Gasteiger partial charge in [-0.05, 0) is 49.7 Å². The topological polar surface area (TPSA) is 160 Å². The smallest absolute Gasteiger partial charge is 0.299 e. The highest BCUT2D eigenvalue weighted by atomic mass is 35.5. The third kappa shape index (κ3) is 4.82. The molecule has 0 amide bonds. The predicted molar refractivity (Wildman–Crippen MR) is 125 cm³/mol. The zero-order valence-corrected chi connectivity index (χ0v) is 20.5. The number of hydrogen-bond acceptors (Lipinski definition) is 8. The molecule has 1 heterocycles. The Bertz CT molecular complexity index is 1580. The highest BCUT2D eigenvalue weighted by molar-refractivity contribution is 7.94. The van der Waals surface area contributed by atoms with Crippen LogP contribution in [0.2, 0.25) is 5.02 Å². The first-order valence-corrected chi connectivity index (χ1v) is 12.7. The van der Waals surface area contributed by atoms with Crippen molar-refractivity contribution in [2.45, 2.75) is 23.6 Å². The summed E-state index contributed by atoms with van der Waals surface area (Å²) in [6.07, 6.45) is 0. The first kappa shape index (κ1) is 25.4. The zero-order valence-electron chi connectivity index (χ0n) is 18.1. The van der Waals surface area contributed by atoms with Crippen LogP contribution in [-0.4, -0.2) is 38.3 Å². The van der Waals surface area contributed by atoms with E-state index >= 15 is 0 Å². The summed E-state index contributed by atoms with van der Waals surface area (Å²) in [5.74, 6) is 0.222. The lowest BCUT2D eigenvalue weighted by atomic mass is 10.2. The number of methoxy groups -OCH3 is 1. The molecule has 1 aromatic heterocycles. The molecule has 0 bridgehead atoms. The van der Waals surface area contributed by atoms with E-state index in [0.717, 1.165) is 22.2 Å². The number of sulfone groups is 1. The highest BCUT2D eigenvalue weighted by Gasteiger charge is 2.20. The normalized spacial score (nSPS) is 12.3. The molecule has 34 heavy (non-hydrogen) atoms. The third-order valence-corrected chi connectivity index (χ3v) is 7.21. The van der Waals surface area contributed by atoms with Gasteiger partial charge in [0.2, 0.25) is 0 Å². The minimum atomic E-state index is -4.50. The van der Waals surface area contributed by atoms with E-state index in [1.165, 1.54) is 32.2 Å². The molecule has 3 aromatic rings. The van der Waals surface area contributed by atoms with E-state index in [1.54, 1.807) is 6.92 Å².